The van der Waals surface area contributed by atoms with Gasteiger partial charge in [0.05, 0.1) is 5.92 Å². The summed E-state index contributed by atoms with van der Waals surface area (Å²) in [5, 5.41) is 6.58. The summed E-state index contributed by atoms with van der Waals surface area (Å²) >= 11 is 1.98. The quantitative estimate of drug-likeness (QED) is 0.788. The van der Waals surface area contributed by atoms with Crippen molar-refractivity contribution in [3.05, 3.63) is 15.0 Å². The van der Waals surface area contributed by atoms with Gasteiger partial charge < -0.3 is 0 Å². The zero-order chi connectivity index (χ0) is 8.93. The summed E-state index contributed by atoms with van der Waals surface area (Å²) in [5.41, 5.74) is 1.46. The minimum Gasteiger partial charge on any atom is -0.281 e. The molecular weight excluding hydrogens is 277 g/mol. The molecule has 1 aliphatic carbocycles. The topological polar surface area (TPSA) is 28.7 Å². The number of halogens is 3. The van der Waals surface area contributed by atoms with E-state index in [1.165, 1.54) is 0 Å². The lowest BCUT2D eigenvalue weighted by Gasteiger charge is -1.96. The van der Waals surface area contributed by atoms with Crippen LogP contribution in [0.4, 0.5) is 8.78 Å². The van der Waals surface area contributed by atoms with Gasteiger partial charge in [-0.15, -0.1) is 0 Å². The zero-order valence-electron chi connectivity index (χ0n) is 6.37. The molecule has 1 aromatic heterocycles. The summed E-state index contributed by atoms with van der Waals surface area (Å²) in [6.07, 6.45) is -0.0244. The number of rotatable bonds is 1. The van der Waals surface area contributed by atoms with E-state index in [0.717, 1.165) is 5.69 Å². The molecule has 1 aromatic rings. The number of hydrogen-bond acceptors (Lipinski definition) is 1. The summed E-state index contributed by atoms with van der Waals surface area (Å²) in [5.74, 6) is -3.09. The summed E-state index contributed by atoms with van der Waals surface area (Å²) in [7, 11) is 0. The average Bonchev–Trinajstić information content (AvgIpc) is 2.42. The lowest BCUT2D eigenvalue weighted by molar-refractivity contribution is 0.112. The predicted molar refractivity (Wildman–Crippen MR) is 48.3 cm³/mol. The molecule has 1 aliphatic rings. The zero-order valence-corrected chi connectivity index (χ0v) is 8.52. The van der Waals surface area contributed by atoms with Crippen molar-refractivity contribution in [2.24, 2.45) is 0 Å². The SMILES string of the molecule is Cc1[nH]nc(I)c1C1CC1(F)F. The monoisotopic (exact) mass is 284 g/mol. The van der Waals surface area contributed by atoms with E-state index in [1.807, 2.05) is 22.6 Å². The fraction of sp³-hybridized carbons (Fsp3) is 0.571. The molecule has 0 spiro atoms. The van der Waals surface area contributed by atoms with Crippen LogP contribution >= 0.6 is 22.6 Å². The molecule has 1 N–H and O–H groups in total. The molecule has 0 aliphatic heterocycles. The van der Waals surface area contributed by atoms with Gasteiger partial charge in [-0.1, -0.05) is 0 Å². The maximum absolute atomic E-state index is 12.7. The van der Waals surface area contributed by atoms with Crippen LogP contribution in [0.25, 0.3) is 0 Å². The number of nitrogens with one attached hydrogen (secondary N) is 1. The van der Waals surface area contributed by atoms with Gasteiger partial charge in [0.15, 0.2) is 0 Å². The molecule has 1 unspecified atom stereocenters. The molecule has 12 heavy (non-hydrogen) atoms. The Kier molecular flexibility index (Phi) is 1.68. The van der Waals surface area contributed by atoms with Crippen LogP contribution in [0.3, 0.4) is 0 Å². The first-order valence-corrected chi connectivity index (χ1v) is 4.68. The van der Waals surface area contributed by atoms with Crippen molar-refractivity contribution in [3.8, 4) is 0 Å². The molecule has 1 atom stereocenters. The minimum atomic E-state index is -2.49. The van der Waals surface area contributed by atoms with Gasteiger partial charge in [-0.3, -0.25) is 5.10 Å². The third kappa shape index (κ3) is 1.14. The van der Waals surface area contributed by atoms with E-state index >= 15 is 0 Å². The Morgan fingerprint density at radius 3 is 2.58 bits per heavy atom. The summed E-state index contributed by atoms with van der Waals surface area (Å²) in [4.78, 5) is 0. The fourth-order valence-electron chi connectivity index (χ4n) is 1.34. The van der Waals surface area contributed by atoms with Gasteiger partial charge in [-0.2, -0.15) is 5.10 Å². The predicted octanol–water partition coefficient (Wildman–Crippen LogP) is 2.45. The molecule has 0 amide bonds. The second-order valence-corrected chi connectivity index (χ2v) is 4.09. The van der Waals surface area contributed by atoms with Gasteiger partial charge in [0.2, 0.25) is 0 Å². The lowest BCUT2D eigenvalue weighted by atomic mass is 10.2. The van der Waals surface area contributed by atoms with Crippen LogP contribution in [0.2, 0.25) is 0 Å². The van der Waals surface area contributed by atoms with Gasteiger partial charge in [0.25, 0.3) is 5.92 Å². The summed E-state index contributed by atoms with van der Waals surface area (Å²) in [6.45, 7) is 1.78. The Morgan fingerprint density at radius 1 is 1.67 bits per heavy atom. The first-order valence-electron chi connectivity index (χ1n) is 3.60. The number of aromatic amines is 1. The van der Waals surface area contributed by atoms with Crippen LogP contribution in [0.15, 0.2) is 0 Å². The standard InChI is InChI=1S/C7H7F2IN2/c1-3-5(6(10)12-11-3)4-2-7(4,8)9/h4H,2H2,1H3,(H,11,12). The summed E-state index contributed by atoms with van der Waals surface area (Å²) < 4.78 is 26.0. The lowest BCUT2D eigenvalue weighted by Crippen LogP contribution is -1.94. The van der Waals surface area contributed by atoms with E-state index in [0.29, 0.717) is 9.26 Å². The van der Waals surface area contributed by atoms with Crippen molar-refractivity contribution in [1.82, 2.24) is 10.2 Å². The average molecular weight is 284 g/mol. The van der Waals surface area contributed by atoms with Crippen LogP contribution < -0.4 is 0 Å². The Bertz CT molecular complexity index is 302. The number of aryl methyl sites for hydroxylation is 1. The van der Waals surface area contributed by atoms with Crippen LogP contribution in [0.1, 0.15) is 23.6 Å². The molecule has 1 fully saturated rings. The molecular formula is C7H7F2IN2. The number of H-pyrrole nitrogens is 1. The van der Waals surface area contributed by atoms with Crippen LogP contribution in [-0.2, 0) is 0 Å². The van der Waals surface area contributed by atoms with Gasteiger partial charge in [0, 0.05) is 17.7 Å². The third-order valence-electron chi connectivity index (χ3n) is 2.12. The molecule has 0 bridgehead atoms. The summed E-state index contributed by atoms with van der Waals surface area (Å²) in [6, 6.07) is 0. The van der Waals surface area contributed by atoms with Crippen LogP contribution in [-0.4, -0.2) is 16.1 Å². The molecule has 0 aromatic carbocycles. The largest absolute Gasteiger partial charge is 0.281 e. The van der Waals surface area contributed by atoms with E-state index in [-0.39, 0.29) is 6.42 Å². The molecule has 0 radical (unpaired) electrons. The first kappa shape index (κ1) is 8.40. The number of aromatic nitrogens is 2. The first-order chi connectivity index (χ1) is 5.52. The van der Waals surface area contributed by atoms with Gasteiger partial charge >= 0.3 is 0 Å². The van der Waals surface area contributed by atoms with E-state index in [9.17, 15) is 8.78 Å². The van der Waals surface area contributed by atoms with E-state index in [1.54, 1.807) is 6.92 Å². The highest BCUT2D eigenvalue weighted by Gasteiger charge is 2.59. The second kappa shape index (κ2) is 2.40. The van der Waals surface area contributed by atoms with Crippen molar-refractivity contribution in [2.45, 2.75) is 25.2 Å². The molecule has 5 heteroatoms. The Morgan fingerprint density at radius 2 is 2.25 bits per heavy atom. The molecule has 0 saturated heterocycles. The highest BCUT2D eigenvalue weighted by atomic mass is 127. The smallest absolute Gasteiger partial charge is 0.256 e. The molecule has 2 rings (SSSR count). The van der Waals surface area contributed by atoms with Crippen molar-refractivity contribution < 1.29 is 8.78 Å². The van der Waals surface area contributed by atoms with E-state index in [2.05, 4.69) is 10.2 Å². The van der Waals surface area contributed by atoms with Crippen molar-refractivity contribution >= 4 is 22.6 Å². The maximum atomic E-state index is 12.7. The minimum absolute atomic E-state index is 0.0244. The normalized spacial score (nSPS) is 25.8. The van der Waals surface area contributed by atoms with Crippen LogP contribution in [0.5, 0.6) is 0 Å². The number of hydrogen-bond donors (Lipinski definition) is 1. The molecule has 66 valence electrons. The Balaban J connectivity index is 2.36. The van der Waals surface area contributed by atoms with Gasteiger partial charge in [0.1, 0.15) is 3.70 Å². The second-order valence-electron chi connectivity index (χ2n) is 3.07. The Labute approximate surface area is 81.9 Å². The highest BCUT2D eigenvalue weighted by Crippen LogP contribution is 2.56. The van der Waals surface area contributed by atoms with E-state index in [4.69, 9.17) is 0 Å². The van der Waals surface area contributed by atoms with Gasteiger partial charge in [-0.05, 0) is 29.5 Å². The highest BCUT2D eigenvalue weighted by molar-refractivity contribution is 14.1. The maximum Gasteiger partial charge on any atom is 0.256 e. The molecule has 1 saturated carbocycles. The van der Waals surface area contributed by atoms with Gasteiger partial charge in [-0.25, -0.2) is 8.78 Å². The Hall–Kier alpha value is -0.200. The molecule has 2 nitrogen and oxygen atoms in total. The number of alkyl halides is 2. The van der Waals surface area contributed by atoms with Crippen molar-refractivity contribution in [1.29, 1.82) is 0 Å². The van der Waals surface area contributed by atoms with Crippen molar-refractivity contribution in [3.63, 3.8) is 0 Å². The fourth-order valence-corrected chi connectivity index (χ4v) is 2.24. The third-order valence-corrected chi connectivity index (χ3v) is 2.94. The van der Waals surface area contributed by atoms with Crippen molar-refractivity contribution in [2.75, 3.05) is 0 Å². The molecule has 1 heterocycles. The van der Waals surface area contributed by atoms with Crippen LogP contribution in [0, 0.1) is 10.6 Å². The number of nitrogens with zero attached hydrogens (tertiary/aromatic N) is 1. The van der Waals surface area contributed by atoms with E-state index < -0.39 is 11.8 Å².